The van der Waals surface area contributed by atoms with Crippen LogP contribution in [0.4, 0.5) is 0 Å². The second-order valence-corrected chi connectivity index (χ2v) is 2.01. The molecule has 0 spiro atoms. The summed E-state index contributed by atoms with van der Waals surface area (Å²) in [7, 11) is 0. The maximum Gasteiger partial charge on any atom is 0.102 e. The summed E-state index contributed by atoms with van der Waals surface area (Å²) < 4.78 is 0. The van der Waals surface area contributed by atoms with Crippen LogP contribution in [0.15, 0.2) is 30.5 Å². The first-order valence-corrected chi connectivity index (χ1v) is 3.30. The number of aromatic nitrogens is 1. The minimum absolute atomic E-state index is 0.290. The van der Waals surface area contributed by atoms with Crippen LogP contribution in [0.2, 0.25) is 0 Å². The zero-order chi connectivity index (χ0) is 8.81. The molecule has 0 aliphatic carbocycles. The molecule has 0 radical (unpaired) electrons. The zero-order valence-electron chi connectivity index (χ0n) is 6.23. The Bertz CT molecular complexity index is 365. The van der Waals surface area contributed by atoms with Crippen LogP contribution < -0.4 is 0 Å². The number of hydrogen-bond donors (Lipinski definition) is 0. The summed E-state index contributed by atoms with van der Waals surface area (Å²) in [6, 6.07) is 8.90. The van der Waals surface area contributed by atoms with E-state index in [2.05, 4.69) is 4.98 Å². The number of nitrogens with zero attached hydrogens (tertiary/aromatic N) is 3. The summed E-state index contributed by atoms with van der Waals surface area (Å²) in [5.41, 5.74) is 0.819. The predicted octanol–water partition coefficient (Wildman–Crippen LogP) is 1.51. The number of pyridine rings is 1. The fourth-order valence-corrected chi connectivity index (χ4v) is 0.750. The van der Waals surface area contributed by atoms with Crippen molar-refractivity contribution >= 4 is 5.57 Å². The number of hydrogen-bond acceptors (Lipinski definition) is 3. The minimum atomic E-state index is 0.290. The van der Waals surface area contributed by atoms with Crippen molar-refractivity contribution in [2.45, 2.75) is 0 Å². The highest BCUT2D eigenvalue weighted by Crippen LogP contribution is 2.08. The van der Waals surface area contributed by atoms with E-state index in [4.69, 9.17) is 10.5 Å². The molecule has 0 N–H and O–H groups in total. The lowest BCUT2D eigenvalue weighted by Crippen LogP contribution is -1.84. The fraction of sp³-hybridized carbons (Fsp3) is 0. The normalized spacial score (nSPS) is 10.0. The molecule has 0 saturated carbocycles. The van der Waals surface area contributed by atoms with E-state index in [1.54, 1.807) is 30.5 Å². The van der Waals surface area contributed by atoms with Crippen LogP contribution in [-0.4, -0.2) is 4.98 Å². The fourth-order valence-electron chi connectivity index (χ4n) is 0.750. The number of allylic oxidation sites excluding steroid dienone is 2. The van der Waals surface area contributed by atoms with E-state index in [9.17, 15) is 0 Å². The van der Waals surface area contributed by atoms with Gasteiger partial charge in [-0.3, -0.25) is 4.98 Å². The first-order valence-electron chi connectivity index (χ1n) is 3.30. The van der Waals surface area contributed by atoms with Gasteiger partial charge in [-0.25, -0.2) is 0 Å². The highest BCUT2D eigenvalue weighted by Gasteiger charge is 1.98. The van der Waals surface area contributed by atoms with Crippen molar-refractivity contribution in [1.82, 2.24) is 4.98 Å². The third-order valence-electron chi connectivity index (χ3n) is 1.27. The Morgan fingerprint density at radius 3 is 2.75 bits per heavy atom. The van der Waals surface area contributed by atoms with Crippen LogP contribution in [0.25, 0.3) is 5.57 Å². The van der Waals surface area contributed by atoms with Gasteiger partial charge in [0.05, 0.1) is 17.3 Å². The lowest BCUT2D eigenvalue weighted by molar-refractivity contribution is 1.28. The SMILES string of the molecule is N#C/C=C(\C#N)c1ccccn1. The Morgan fingerprint density at radius 2 is 2.25 bits per heavy atom. The predicted molar refractivity (Wildman–Crippen MR) is 43.4 cm³/mol. The highest BCUT2D eigenvalue weighted by molar-refractivity contribution is 5.75. The van der Waals surface area contributed by atoms with Gasteiger partial charge in [0.25, 0.3) is 0 Å². The second kappa shape index (κ2) is 3.90. The molecule has 0 unspecified atom stereocenters. The van der Waals surface area contributed by atoms with Crippen molar-refractivity contribution in [2.24, 2.45) is 0 Å². The molecule has 0 saturated heterocycles. The lowest BCUT2D eigenvalue weighted by atomic mass is 10.2. The first kappa shape index (κ1) is 7.97. The van der Waals surface area contributed by atoms with Crippen LogP contribution in [0, 0.1) is 22.7 Å². The van der Waals surface area contributed by atoms with Crippen LogP contribution in [0.1, 0.15) is 5.69 Å². The number of nitriles is 2. The molecule has 0 amide bonds. The van der Waals surface area contributed by atoms with E-state index in [0.29, 0.717) is 5.69 Å². The van der Waals surface area contributed by atoms with Crippen molar-refractivity contribution < 1.29 is 0 Å². The van der Waals surface area contributed by atoms with Crippen molar-refractivity contribution in [3.8, 4) is 12.1 Å². The van der Waals surface area contributed by atoms with Gasteiger partial charge in [0.15, 0.2) is 0 Å². The molecule has 0 bridgehead atoms. The van der Waals surface area contributed by atoms with E-state index in [-0.39, 0.29) is 5.57 Å². The summed E-state index contributed by atoms with van der Waals surface area (Å²) in [5.74, 6) is 0. The largest absolute Gasteiger partial charge is 0.255 e. The molecule has 1 heterocycles. The molecule has 1 aromatic heterocycles. The molecule has 12 heavy (non-hydrogen) atoms. The Kier molecular flexibility index (Phi) is 2.59. The van der Waals surface area contributed by atoms with Gasteiger partial charge >= 0.3 is 0 Å². The maximum absolute atomic E-state index is 8.60. The molecule has 56 valence electrons. The van der Waals surface area contributed by atoms with Gasteiger partial charge in [0, 0.05) is 12.3 Å². The van der Waals surface area contributed by atoms with Gasteiger partial charge in [-0.15, -0.1) is 0 Å². The summed E-state index contributed by atoms with van der Waals surface area (Å²) in [6.07, 6.45) is 2.76. The summed E-state index contributed by atoms with van der Waals surface area (Å²) in [6.45, 7) is 0. The van der Waals surface area contributed by atoms with Crippen molar-refractivity contribution in [3.05, 3.63) is 36.2 Å². The van der Waals surface area contributed by atoms with E-state index in [1.807, 2.05) is 6.07 Å². The molecule has 3 heteroatoms. The highest BCUT2D eigenvalue weighted by atomic mass is 14.7. The molecule has 3 nitrogen and oxygen atoms in total. The molecule has 0 aromatic carbocycles. The van der Waals surface area contributed by atoms with Gasteiger partial charge in [0.1, 0.15) is 6.07 Å². The Labute approximate surface area is 70.2 Å². The topological polar surface area (TPSA) is 60.5 Å². The maximum atomic E-state index is 8.60. The van der Waals surface area contributed by atoms with Crippen molar-refractivity contribution in [1.29, 1.82) is 10.5 Å². The Balaban J connectivity index is 3.09. The average Bonchev–Trinajstić information content (AvgIpc) is 2.15. The minimum Gasteiger partial charge on any atom is -0.255 e. The van der Waals surface area contributed by atoms with Gasteiger partial charge in [-0.2, -0.15) is 10.5 Å². The van der Waals surface area contributed by atoms with E-state index in [1.165, 1.54) is 6.08 Å². The standard InChI is InChI=1S/C9H5N3/c10-5-4-8(7-11)9-3-1-2-6-12-9/h1-4,6H/b8-4+. The van der Waals surface area contributed by atoms with Crippen LogP contribution >= 0.6 is 0 Å². The van der Waals surface area contributed by atoms with Gasteiger partial charge in [-0.05, 0) is 12.1 Å². The Hall–Kier alpha value is -2.13. The summed E-state index contributed by atoms with van der Waals surface area (Å²) in [5, 5.41) is 16.9. The van der Waals surface area contributed by atoms with E-state index in [0.717, 1.165) is 0 Å². The second-order valence-electron chi connectivity index (χ2n) is 2.01. The monoisotopic (exact) mass is 155 g/mol. The third-order valence-corrected chi connectivity index (χ3v) is 1.27. The van der Waals surface area contributed by atoms with E-state index < -0.39 is 0 Å². The molecule has 0 aliphatic heterocycles. The zero-order valence-corrected chi connectivity index (χ0v) is 6.23. The summed E-state index contributed by atoms with van der Waals surface area (Å²) in [4.78, 5) is 3.93. The van der Waals surface area contributed by atoms with E-state index >= 15 is 0 Å². The molecule has 1 rings (SSSR count). The van der Waals surface area contributed by atoms with Crippen LogP contribution in [-0.2, 0) is 0 Å². The summed E-state index contributed by atoms with van der Waals surface area (Å²) >= 11 is 0. The quantitative estimate of drug-likeness (QED) is 0.577. The lowest BCUT2D eigenvalue weighted by Gasteiger charge is -1.92. The molecule has 1 aromatic rings. The van der Waals surface area contributed by atoms with Gasteiger partial charge in [-0.1, -0.05) is 6.07 Å². The molecule has 0 aliphatic rings. The smallest absolute Gasteiger partial charge is 0.102 e. The Morgan fingerprint density at radius 1 is 1.42 bits per heavy atom. The van der Waals surface area contributed by atoms with Crippen molar-refractivity contribution in [2.75, 3.05) is 0 Å². The van der Waals surface area contributed by atoms with Gasteiger partial charge in [0.2, 0.25) is 0 Å². The average molecular weight is 155 g/mol. The third kappa shape index (κ3) is 1.68. The van der Waals surface area contributed by atoms with Crippen molar-refractivity contribution in [3.63, 3.8) is 0 Å². The molecular formula is C9H5N3. The molecular weight excluding hydrogens is 150 g/mol. The molecule has 0 fully saturated rings. The first-order chi connectivity index (χ1) is 5.88. The number of rotatable bonds is 1. The van der Waals surface area contributed by atoms with Gasteiger partial charge < -0.3 is 0 Å². The molecule has 0 atom stereocenters. The van der Waals surface area contributed by atoms with Crippen LogP contribution in [0.5, 0.6) is 0 Å². The van der Waals surface area contributed by atoms with Crippen LogP contribution in [0.3, 0.4) is 0 Å².